The number of carbonyl (C=O) groups is 1. The number of nitrogens with zero attached hydrogens (tertiary/aromatic N) is 5. The van der Waals surface area contributed by atoms with E-state index in [0.29, 0.717) is 22.6 Å². The maximum atomic E-state index is 12.3. The lowest BCUT2D eigenvalue weighted by Crippen LogP contribution is -2.29. The monoisotopic (exact) mass is 291 g/mol. The van der Waals surface area contributed by atoms with E-state index in [9.17, 15) is 4.79 Å². The zero-order valence-electron chi connectivity index (χ0n) is 11.8. The van der Waals surface area contributed by atoms with Crippen LogP contribution in [0.25, 0.3) is 11.4 Å². The molecule has 0 saturated heterocycles. The average molecular weight is 291 g/mol. The molecule has 4 N–H and O–H groups in total. The number of nitrogen functional groups attached to an aromatic ring is 1. The van der Waals surface area contributed by atoms with Gasteiger partial charge in [-0.2, -0.15) is 0 Å². The van der Waals surface area contributed by atoms with Crippen LogP contribution in [-0.2, 0) is 7.05 Å². The van der Waals surface area contributed by atoms with Crippen LogP contribution in [0.2, 0.25) is 0 Å². The number of amides is 1. The van der Waals surface area contributed by atoms with E-state index in [1.807, 2.05) is 0 Å². The molecule has 0 unspecified atom stereocenters. The molecular formula is C12H17N7O2. The summed E-state index contributed by atoms with van der Waals surface area (Å²) in [6.07, 6.45) is 0. The highest BCUT2D eigenvalue weighted by Crippen LogP contribution is 2.22. The Morgan fingerprint density at radius 2 is 2.24 bits per heavy atom. The summed E-state index contributed by atoms with van der Waals surface area (Å²) in [5.41, 5.74) is 4.18. The summed E-state index contributed by atoms with van der Waals surface area (Å²) < 4.78 is 1.50. The third-order valence-corrected chi connectivity index (χ3v) is 3.01. The summed E-state index contributed by atoms with van der Waals surface area (Å²) in [6, 6.07) is 5.06. The molecule has 1 aromatic heterocycles. The first-order valence-corrected chi connectivity index (χ1v) is 6.27. The molecule has 0 atom stereocenters. The highest BCUT2D eigenvalue weighted by molar-refractivity contribution is 5.96. The molecule has 1 amide bonds. The lowest BCUT2D eigenvalue weighted by Gasteiger charge is -2.17. The van der Waals surface area contributed by atoms with Crippen molar-refractivity contribution >= 4 is 11.6 Å². The van der Waals surface area contributed by atoms with Gasteiger partial charge >= 0.3 is 0 Å². The summed E-state index contributed by atoms with van der Waals surface area (Å²) >= 11 is 0. The number of hydrogen-bond donors (Lipinski definition) is 3. The minimum absolute atomic E-state index is 0.100. The Labute approximate surface area is 121 Å². The van der Waals surface area contributed by atoms with E-state index in [2.05, 4.69) is 21.0 Å². The predicted octanol–water partition coefficient (Wildman–Crippen LogP) is -0.773. The van der Waals surface area contributed by atoms with Gasteiger partial charge in [0.15, 0.2) is 5.82 Å². The van der Waals surface area contributed by atoms with E-state index < -0.39 is 0 Å². The number of nitrogens with one attached hydrogen (secondary N) is 1. The number of aromatic nitrogens is 4. The van der Waals surface area contributed by atoms with E-state index in [4.69, 9.17) is 10.9 Å². The third-order valence-electron chi connectivity index (χ3n) is 3.01. The molecule has 0 bridgehead atoms. The Bertz CT molecular complexity index is 640. The van der Waals surface area contributed by atoms with Gasteiger partial charge in [0.25, 0.3) is 5.91 Å². The molecule has 1 heterocycles. The fourth-order valence-electron chi connectivity index (χ4n) is 1.91. The largest absolute Gasteiger partial charge is 0.395 e. The van der Waals surface area contributed by atoms with Crippen molar-refractivity contribution in [2.24, 2.45) is 12.9 Å². The van der Waals surface area contributed by atoms with E-state index in [-0.39, 0.29) is 19.1 Å². The van der Waals surface area contributed by atoms with Crippen LogP contribution in [0, 0.1) is 0 Å². The number of rotatable bonds is 5. The number of hydrogen-bond acceptors (Lipinski definition) is 7. The summed E-state index contributed by atoms with van der Waals surface area (Å²) in [4.78, 5) is 13.7. The van der Waals surface area contributed by atoms with E-state index in [0.717, 1.165) is 0 Å². The molecule has 2 rings (SSSR count). The van der Waals surface area contributed by atoms with Gasteiger partial charge in [-0.15, -0.1) is 5.10 Å². The zero-order chi connectivity index (χ0) is 15.4. The molecule has 0 fully saturated rings. The van der Waals surface area contributed by atoms with Gasteiger partial charge in [0.05, 0.1) is 6.61 Å². The van der Waals surface area contributed by atoms with Gasteiger partial charge in [0.1, 0.15) is 0 Å². The van der Waals surface area contributed by atoms with Crippen molar-refractivity contribution in [1.29, 1.82) is 0 Å². The van der Waals surface area contributed by atoms with Crippen molar-refractivity contribution < 1.29 is 9.90 Å². The Kier molecular flexibility index (Phi) is 4.45. The van der Waals surface area contributed by atoms with Crippen LogP contribution < -0.4 is 11.3 Å². The minimum Gasteiger partial charge on any atom is -0.395 e. The average Bonchev–Trinajstić information content (AvgIpc) is 2.92. The Hall–Kier alpha value is -2.52. The predicted molar refractivity (Wildman–Crippen MR) is 76.1 cm³/mol. The van der Waals surface area contributed by atoms with Crippen molar-refractivity contribution in [2.45, 2.75) is 0 Å². The molecule has 0 aliphatic rings. The van der Waals surface area contributed by atoms with Gasteiger partial charge in [0.2, 0.25) is 0 Å². The molecule has 21 heavy (non-hydrogen) atoms. The van der Waals surface area contributed by atoms with Crippen molar-refractivity contribution in [3.05, 3.63) is 23.8 Å². The molecule has 1 aromatic carbocycles. The molecule has 9 nitrogen and oxygen atoms in total. The first-order chi connectivity index (χ1) is 10.1. The van der Waals surface area contributed by atoms with Crippen LogP contribution >= 0.6 is 0 Å². The summed E-state index contributed by atoms with van der Waals surface area (Å²) in [5, 5.41) is 20.2. The molecule has 0 spiro atoms. The van der Waals surface area contributed by atoms with Gasteiger partial charge in [-0.3, -0.25) is 10.6 Å². The quantitative estimate of drug-likeness (QED) is 0.488. The number of benzene rings is 1. The summed E-state index contributed by atoms with van der Waals surface area (Å²) in [6.45, 7) is 0.150. The number of hydrazine groups is 1. The van der Waals surface area contributed by atoms with Crippen LogP contribution in [0.1, 0.15) is 10.4 Å². The van der Waals surface area contributed by atoms with Crippen LogP contribution in [-0.4, -0.2) is 56.3 Å². The maximum Gasteiger partial charge on any atom is 0.253 e. The maximum absolute atomic E-state index is 12.3. The summed E-state index contributed by atoms with van der Waals surface area (Å²) in [7, 11) is 3.32. The molecule has 2 aromatic rings. The number of tetrazole rings is 1. The molecule has 0 aliphatic heterocycles. The van der Waals surface area contributed by atoms with Crippen LogP contribution in [0.3, 0.4) is 0 Å². The van der Waals surface area contributed by atoms with E-state index in [1.54, 1.807) is 32.3 Å². The minimum atomic E-state index is -0.225. The molecule has 0 radical (unpaired) electrons. The lowest BCUT2D eigenvalue weighted by molar-refractivity contribution is 0.0767. The third kappa shape index (κ3) is 3.15. The lowest BCUT2D eigenvalue weighted by atomic mass is 10.1. The fourth-order valence-corrected chi connectivity index (χ4v) is 1.91. The Morgan fingerprint density at radius 3 is 2.81 bits per heavy atom. The summed E-state index contributed by atoms with van der Waals surface area (Å²) in [5.74, 6) is 5.74. The number of aryl methyl sites for hydroxylation is 1. The van der Waals surface area contributed by atoms with Crippen molar-refractivity contribution in [3.8, 4) is 11.4 Å². The second-order valence-electron chi connectivity index (χ2n) is 4.52. The van der Waals surface area contributed by atoms with Crippen molar-refractivity contribution in [2.75, 3.05) is 25.6 Å². The number of anilines is 1. The van der Waals surface area contributed by atoms with E-state index in [1.165, 1.54) is 9.58 Å². The van der Waals surface area contributed by atoms with E-state index >= 15 is 0 Å². The second kappa shape index (κ2) is 6.29. The first-order valence-electron chi connectivity index (χ1n) is 6.27. The number of nitrogens with two attached hydrogens (primary N) is 1. The normalized spacial score (nSPS) is 10.5. The Balaban J connectivity index is 2.43. The molecule has 112 valence electrons. The van der Waals surface area contributed by atoms with Crippen molar-refractivity contribution in [3.63, 3.8) is 0 Å². The molecule has 9 heteroatoms. The van der Waals surface area contributed by atoms with Gasteiger partial charge in [0, 0.05) is 37.5 Å². The van der Waals surface area contributed by atoms with Crippen LogP contribution in [0.5, 0.6) is 0 Å². The van der Waals surface area contributed by atoms with Gasteiger partial charge in [-0.1, -0.05) is 0 Å². The molecular weight excluding hydrogens is 274 g/mol. The van der Waals surface area contributed by atoms with Gasteiger partial charge < -0.3 is 15.4 Å². The standard InChI is InChI=1S/C12H17N7O2/c1-18(3-4-20)12(21)9-5-8(6-10(7-9)14-13)11-15-16-17-19(11)2/h5-7,14,20H,3-4,13H2,1-2H3. The number of carbonyl (C=O) groups excluding carboxylic acids is 1. The Morgan fingerprint density at radius 1 is 1.48 bits per heavy atom. The fraction of sp³-hybridized carbons (Fsp3) is 0.333. The second-order valence-corrected chi connectivity index (χ2v) is 4.52. The number of likely N-dealkylation sites (N-methyl/N-ethyl adjacent to an activating group) is 1. The SMILES string of the molecule is CN(CCO)C(=O)c1cc(NN)cc(-c2nnnn2C)c1. The molecule has 0 saturated carbocycles. The number of aliphatic hydroxyl groups excluding tert-OH is 1. The highest BCUT2D eigenvalue weighted by atomic mass is 16.3. The topological polar surface area (TPSA) is 122 Å². The van der Waals surface area contributed by atoms with Gasteiger partial charge in [-0.05, 0) is 28.6 Å². The van der Waals surface area contributed by atoms with Crippen molar-refractivity contribution in [1.82, 2.24) is 25.1 Å². The van der Waals surface area contributed by atoms with Gasteiger partial charge in [-0.25, -0.2) is 4.68 Å². The zero-order valence-corrected chi connectivity index (χ0v) is 11.8. The smallest absolute Gasteiger partial charge is 0.253 e. The highest BCUT2D eigenvalue weighted by Gasteiger charge is 2.15. The van der Waals surface area contributed by atoms with Crippen LogP contribution in [0.4, 0.5) is 5.69 Å². The first kappa shape index (κ1) is 14.9. The van der Waals surface area contributed by atoms with Crippen LogP contribution in [0.15, 0.2) is 18.2 Å². The number of aliphatic hydroxyl groups is 1. The molecule has 0 aliphatic carbocycles.